The summed E-state index contributed by atoms with van der Waals surface area (Å²) >= 11 is 0. The molecule has 1 saturated heterocycles. The molecule has 4 rings (SSSR count). The molecule has 1 aliphatic rings. The molecule has 0 bridgehead atoms. The molecule has 0 saturated carbocycles. The number of nitrogens with one attached hydrogen (secondary N) is 1. The molecule has 3 heterocycles. The molecule has 0 amide bonds. The number of ether oxygens (including phenoxy) is 2. The second kappa shape index (κ2) is 7.56. The molecule has 0 aliphatic carbocycles. The van der Waals surface area contributed by atoms with Gasteiger partial charge < -0.3 is 30.1 Å². The predicted octanol–water partition coefficient (Wildman–Crippen LogP) is 1.16. The standard InChI is InChI=1S/C19H23N5O5/c1-9-6-11(4-5-12(9)25)23-17-14-18(22-10(2)21-17)24(8-20-14)19-16(27)15(26)13(29-19)7-28-3/h4-6,8,13,15-16,19,25-27H,7H2,1-3H3,(H,21,22,23)/t13-,15?,16?,19-/m1/s1. The molecule has 1 aromatic carbocycles. The summed E-state index contributed by atoms with van der Waals surface area (Å²) in [5, 5.41) is 33.6. The van der Waals surface area contributed by atoms with Crippen LogP contribution in [0.5, 0.6) is 5.75 Å². The molecule has 10 nitrogen and oxygen atoms in total. The molecule has 1 aliphatic heterocycles. The predicted molar refractivity (Wildman–Crippen MR) is 104 cm³/mol. The van der Waals surface area contributed by atoms with Crippen LogP contribution in [0, 0.1) is 13.8 Å². The van der Waals surface area contributed by atoms with E-state index < -0.39 is 24.5 Å². The van der Waals surface area contributed by atoms with Gasteiger partial charge in [0, 0.05) is 12.8 Å². The Morgan fingerprint density at radius 1 is 1.21 bits per heavy atom. The largest absolute Gasteiger partial charge is 0.508 e. The van der Waals surface area contributed by atoms with Gasteiger partial charge in [0.25, 0.3) is 0 Å². The highest BCUT2D eigenvalue weighted by Gasteiger charge is 2.44. The van der Waals surface area contributed by atoms with Gasteiger partial charge in [-0.05, 0) is 37.6 Å². The van der Waals surface area contributed by atoms with Gasteiger partial charge in [0.1, 0.15) is 29.9 Å². The summed E-state index contributed by atoms with van der Waals surface area (Å²) in [5.74, 6) is 1.19. The van der Waals surface area contributed by atoms with Crippen LogP contribution in [0.15, 0.2) is 24.5 Å². The van der Waals surface area contributed by atoms with Crippen LogP contribution in [-0.4, -0.2) is 66.9 Å². The highest BCUT2D eigenvalue weighted by Crippen LogP contribution is 2.33. The van der Waals surface area contributed by atoms with Crippen LogP contribution in [0.3, 0.4) is 0 Å². The van der Waals surface area contributed by atoms with Crippen molar-refractivity contribution in [2.75, 3.05) is 19.0 Å². The lowest BCUT2D eigenvalue weighted by molar-refractivity contribution is -0.0580. The lowest BCUT2D eigenvalue weighted by Gasteiger charge is -2.17. The van der Waals surface area contributed by atoms with Crippen LogP contribution in [0.25, 0.3) is 11.2 Å². The Kier molecular flexibility index (Phi) is 5.09. The van der Waals surface area contributed by atoms with Crippen molar-refractivity contribution in [2.24, 2.45) is 0 Å². The van der Waals surface area contributed by atoms with Crippen LogP contribution < -0.4 is 5.32 Å². The van der Waals surface area contributed by atoms with Gasteiger partial charge in [-0.15, -0.1) is 0 Å². The van der Waals surface area contributed by atoms with Crippen molar-refractivity contribution in [3.8, 4) is 5.75 Å². The topological polar surface area (TPSA) is 135 Å². The summed E-state index contributed by atoms with van der Waals surface area (Å²) < 4.78 is 12.4. The van der Waals surface area contributed by atoms with Crippen LogP contribution in [0.2, 0.25) is 0 Å². The third kappa shape index (κ3) is 3.51. The van der Waals surface area contributed by atoms with E-state index in [0.29, 0.717) is 22.8 Å². The Labute approximate surface area is 166 Å². The maximum absolute atomic E-state index is 10.5. The molecular weight excluding hydrogens is 378 g/mol. The summed E-state index contributed by atoms with van der Waals surface area (Å²) in [5.41, 5.74) is 2.41. The summed E-state index contributed by atoms with van der Waals surface area (Å²) in [6.07, 6.45) is -2.25. The normalized spacial score (nSPS) is 24.3. The van der Waals surface area contributed by atoms with Crippen LogP contribution in [-0.2, 0) is 9.47 Å². The van der Waals surface area contributed by atoms with Gasteiger partial charge in [-0.1, -0.05) is 0 Å². The molecule has 4 atom stereocenters. The summed E-state index contributed by atoms with van der Waals surface area (Å²) in [7, 11) is 1.50. The zero-order chi connectivity index (χ0) is 20.7. The van der Waals surface area contributed by atoms with Crippen molar-refractivity contribution in [3.63, 3.8) is 0 Å². The minimum atomic E-state index is -1.15. The SMILES string of the molecule is COC[C@H]1O[C@@H](n2cnc3c(Nc4ccc(O)c(C)c4)nc(C)nc32)C(O)C1O. The van der Waals surface area contributed by atoms with E-state index in [1.807, 2.05) is 0 Å². The Hall–Kier alpha value is -2.79. The van der Waals surface area contributed by atoms with E-state index >= 15 is 0 Å². The number of aryl methyl sites for hydroxylation is 2. The number of hydrogen-bond acceptors (Lipinski definition) is 9. The first-order valence-electron chi connectivity index (χ1n) is 9.17. The van der Waals surface area contributed by atoms with Crippen molar-refractivity contribution in [2.45, 2.75) is 38.4 Å². The minimum Gasteiger partial charge on any atom is -0.508 e. The second-order valence-corrected chi connectivity index (χ2v) is 7.07. The smallest absolute Gasteiger partial charge is 0.167 e. The molecule has 1 fully saturated rings. The summed E-state index contributed by atoms with van der Waals surface area (Å²) in [6.45, 7) is 3.71. The zero-order valence-electron chi connectivity index (χ0n) is 16.3. The van der Waals surface area contributed by atoms with Crippen molar-refractivity contribution in [1.29, 1.82) is 0 Å². The highest BCUT2D eigenvalue weighted by molar-refractivity contribution is 5.85. The van der Waals surface area contributed by atoms with Gasteiger partial charge in [0.05, 0.1) is 12.9 Å². The number of aliphatic hydroxyl groups excluding tert-OH is 2. The van der Waals surface area contributed by atoms with Crippen LogP contribution in [0.1, 0.15) is 17.6 Å². The number of rotatable bonds is 5. The minimum absolute atomic E-state index is 0.155. The van der Waals surface area contributed by atoms with E-state index in [1.165, 1.54) is 13.4 Å². The molecule has 0 spiro atoms. The quantitative estimate of drug-likeness (QED) is 0.464. The number of hydrogen-bond donors (Lipinski definition) is 4. The number of aromatic nitrogens is 4. The number of imidazole rings is 1. The highest BCUT2D eigenvalue weighted by atomic mass is 16.6. The van der Waals surface area contributed by atoms with Gasteiger partial charge in [0.2, 0.25) is 0 Å². The molecule has 154 valence electrons. The molecule has 10 heteroatoms. The molecular formula is C19H23N5O5. The van der Waals surface area contributed by atoms with Crippen LogP contribution in [0.4, 0.5) is 11.5 Å². The number of benzene rings is 1. The van der Waals surface area contributed by atoms with E-state index in [1.54, 1.807) is 36.6 Å². The Bertz CT molecular complexity index is 1040. The number of anilines is 2. The van der Waals surface area contributed by atoms with Gasteiger partial charge in [-0.2, -0.15) is 0 Å². The number of aliphatic hydroxyl groups is 2. The number of nitrogens with zero attached hydrogens (tertiary/aromatic N) is 4. The van der Waals surface area contributed by atoms with Gasteiger partial charge in [0.15, 0.2) is 23.2 Å². The summed E-state index contributed by atoms with van der Waals surface area (Å²) in [4.78, 5) is 13.3. The number of methoxy groups -OCH3 is 1. The maximum Gasteiger partial charge on any atom is 0.167 e. The van der Waals surface area contributed by atoms with Crippen molar-refractivity contribution in [1.82, 2.24) is 19.5 Å². The van der Waals surface area contributed by atoms with E-state index in [9.17, 15) is 15.3 Å². The molecule has 0 radical (unpaired) electrons. The number of phenols is 1. The van der Waals surface area contributed by atoms with E-state index in [4.69, 9.17) is 9.47 Å². The Morgan fingerprint density at radius 3 is 2.72 bits per heavy atom. The van der Waals surface area contributed by atoms with E-state index in [2.05, 4.69) is 20.3 Å². The monoisotopic (exact) mass is 401 g/mol. The first-order chi connectivity index (χ1) is 13.9. The molecule has 4 N–H and O–H groups in total. The van der Waals surface area contributed by atoms with Gasteiger partial charge >= 0.3 is 0 Å². The molecule has 29 heavy (non-hydrogen) atoms. The van der Waals surface area contributed by atoms with Crippen molar-refractivity contribution >= 4 is 22.7 Å². The second-order valence-electron chi connectivity index (χ2n) is 7.07. The average Bonchev–Trinajstić information content (AvgIpc) is 3.21. The van der Waals surface area contributed by atoms with Crippen molar-refractivity contribution < 1.29 is 24.8 Å². The third-order valence-corrected chi connectivity index (χ3v) is 4.94. The molecule has 2 aromatic heterocycles. The lowest BCUT2D eigenvalue weighted by Crippen LogP contribution is -2.33. The number of phenolic OH excluding ortho intramolecular Hbond substituents is 1. The maximum atomic E-state index is 10.5. The first-order valence-corrected chi connectivity index (χ1v) is 9.17. The fourth-order valence-corrected chi connectivity index (χ4v) is 3.43. The first kappa shape index (κ1) is 19.5. The van der Waals surface area contributed by atoms with E-state index in [-0.39, 0.29) is 12.4 Å². The Balaban J connectivity index is 1.71. The fraction of sp³-hybridized carbons (Fsp3) is 0.421. The zero-order valence-corrected chi connectivity index (χ0v) is 16.3. The van der Waals surface area contributed by atoms with Gasteiger partial charge in [-0.25, -0.2) is 15.0 Å². The lowest BCUT2D eigenvalue weighted by atomic mass is 10.1. The van der Waals surface area contributed by atoms with Crippen molar-refractivity contribution in [3.05, 3.63) is 35.9 Å². The van der Waals surface area contributed by atoms with Gasteiger partial charge in [-0.3, -0.25) is 4.57 Å². The average molecular weight is 401 g/mol. The number of fused-ring (bicyclic) bond motifs is 1. The Morgan fingerprint density at radius 2 is 2.00 bits per heavy atom. The molecule has 2 unspecified atom stereocenters. The third-order valence-electron chi connectivity index (χ3n) is 4.94. The van der Waals surface area contributed by atoms with E-state index in [0.717, 1.165) is 11.3 Å². The van der Waals surface area contributed by atoms with Crippen LogP contribution >= 0.6 is 0 Å². The molecule has 3 aromatic rings. The number of aromatic hydroxyl groups is 1. The fourth-order valence-electron chi connectivity index (χ4n) is 3.43. The summed E-state index contributed by atoms with van der Waals surface area (Å²) in [6, 6.07) is 5.13.